The number of fused-ring (bicyclic) bond motifs is 3. The van der Waals surface area contributed by atoms with Crippen molar-refractivity contribution in [2.24, 2.45) is 0 Å². The van der Waals surface area contributed by atoms with Crippen molar-refractivity contribution in [3.05, 3.63) is 39.4 Å². The van der Waals surface area contributed by atoms with E-state index >= 15 is 0 Å². The van der Waals surface area contributed by atoms with Gasteiger partial charge in [-0.3, -0.25) is 9.55 Å². The lowest BCUT2D eigenvalue weighted by atomic mass is 10.1. The third kappa shape index (κ3) is 2.09. The maximum absolute atomic E-state index is 12.5. The summed E-state index contributed by atoms with van der Waals surface area (Å²) in [7, 11) is 1.74. The van der Waals surface area contributed by atoms with Gasteiger partial charge in [-0.25, -0.2) is 4.79 Å². The molecule has 0 radical (unpaired) electrons. The minimum Gasteiger partial charge on any atom is -0.381 e. The molecule has 3 aromatic rings. The highest BCUT2D eigenvalue weighted by atomic mass is 79.9. The molecule has 1 fully saturated rings. The molecule has 2 unspecified atom stereocenters. The number of ether oxygens (including phenoxy) is 1. The Kier molecular flexibility index (Phi) is 3.31. The zero-order valence-corrected chi connectivity index (χ0v) is 13.8. The summed E-state index contributed by atoms with van der Waals surface area (Å²) in [5.74, 6) is 0. The Balaban J connectivity index is 1.99. The molecular formula is C16H16BrN3O2. The number of pyridine rings is 1. The highest BCUT2D eigenvalue weighted by Gasteiger charge is 2.28. The van der Waals surface area contributed by atoms with Gasteiger partial charge in [-0.1, -0.05) is 15.9 Å². The van der Waals surface area contributed by atoms with E-state index in [0.717, 1.165) is 45.7 Å². The minimum atomic E-state index is -0.0639. The number of H-pyrrole nitrogens is 1. The quantitative estimate of drug-likeness (QED) is 0.760. The zero-order valence-electron chi connectivity index (χ0n) is 12.2. The van der Waals surface area contributed by atoms with E-state index < -0.39 is 0 Å². The molecule has 1 aromatic carbocycles. The summed E-state index contributed by atoms with van der Waals surface area (Å²) in [5, 5.41) is 0.992. The van der Waals surface area contributed by atoms with E-state index in [2.05, 4.69) is 25.9 Å². The Labute approximate surface area is 135 Å². The molecule has 0 bridgehead atoms. The van der Waals surface area contributed by atoms with Gasteiger partial charge in [-0.2, -0.15) is 0 Å². The lowest BCUT2D eigenvalue weighted by Crippen LogP contribution is -2.21. The molecule has 5 nitrogen and oxygen atoms in total. The van der Waals surface area contributed by atoms with E-state index in [1.807, 2.05) is 22.8 Å². The summed E-state index contributed by atoms with van der Waals surface area (Å²) >= 11 is 3.51. The first kappa shape index (κ1) is 14.0. The number of benzene rings is 1. The fourth-order valence-electron chi connectivity index (χ4n) is 3.49. The van der Waals surface area contributed by atoms with E-state index in [1.54, 1.807) is 13.3 Å². The molecule has 0 amide bonds. The summed E-state index contributed by atoms with van der Waals surface area (Å²) in [5.41, 5.74) is 2.56. The van der Waals surface area contributed by atoms with Gasteiger partial charge in [0, 0.05) is 23.0 Å². The summed E-state index contributed by atoms with van der Waals surface area (Å²) in [6.45, 7) is 0. The Morgan fingerprint density at radius 1 is 1.41 bits per heavy atom. The second-order valence-corrected chi connectivity index (χ2v) is 6.72. The fourth-order valence-corrected chi connectivity index (χ4v) is 3.85. The molecule has 0 spiro atoms. The molecule has 114 valence electrons. The number of rotatable bonds is 2. The monoisotopic (exact) mass is 361 g/mol. The first-order valence-corrected chi connectivity index (χ1v) is 8.18. The number of nitrogens with one attached hydrogen (secondary N) is 1. The van der Waals surface area contributed by atoms with Crippen LogP contribution in [-0.4, -0.2) is 27.7 Å². The van der Waals surface area contributed by atoms with Gasteiger partial charge in [0.1, 0.15) is 0 Å². The van der Waals surface area contributed by atoms with Crippen LogP contribution in [0.2, 0.25) is 0 Å². The highest BCUT2D eigenvalue weighted by molar-refractivity contribution is 9.10. The third-order valence-corrected chi connectivity index (χ3v) is 5.05. The van der Waals surface area contributed by atoms with E-state index in [9.17, 15) is 4.79 Å². The molecule has 1 aliphatic rings. The molecule has 22 heavy (non-hydrogen) atoms. The molecule has 2 heterocycles. The normalized spacial score (nSPS) is 21.9. The van der Waals surface area contributed by atoms with E-state index in [-0.39, 0.29) is 17.8 Å². The average Bonchev–Trinajstić information content (AvgIpc) is 3.10. The topological polar surface area (TPSA) is 59.9 Å². The number of hydrogen-bond donors (Lipinski definition) is 1. The van der Waals surface area contributed by atoms with Crippen LogP contribution < -0.4 is 5.69 Å². The number of imidazole rings is 1. The van der Waals surface area contributed by atoms with Gasteiger partial charge in [0.15, 0.2) is 0 Å². The molecular weight excluding hydrogens is 346 g/mol. The third-order valence-electron chi connectivity index (χ3n) is 4.56. The first-order chi connectivity index (χ1) is 10.7. The standard InChI is InChI=1S/C16H16BrN3O2/c1-22-11-4-3-10(7-11)20-15-12-6-9(17)2-5-13(12)18-8-14(15)19-16(20)21/h2,5-6,8,10-11H,3-4,7H2,1H3,(H,19,21). The van der Waals surface area contributed by atoms with Gasteiger partial charge in [0.2, 0.25) is 0 Å². The second-order valence-electron chi connectivity index (χ2n) is 5.81. The Morgan fingerprint density at radius 2 is 2.27 bits per heavy atom. The van der Waals surface area contributed by atoms with Gasteiger partial charge in [-0.05, 0) is 37.5 Å². The van der Waals surface area contributed by atoms with Crippen LogP contribution in [0, 0.1) is 0 Å². The van der Waals surface area contributed by atoms with Crippen LogP contribution in [-0.2, 0) is 4.74 Å². The zero-order chi connectivity index (χ0) is 15.3. The summed E-state index contributed by atoms with van der Waals surface area (Å²) in [4.78, 5) is 19.8. The number of nitrogens with zero attached hydrogens (tertiary/aromatic N) is 2. The number of aromatic nitrogens is 3. The van der Waals surface area contributed by atoms with Crippen molar-refractivity contribution >= 4 is 37.9 Å². The maximum Gasteiger partial charge on any atom is 0.326 e. The van der Waals surface area contributed by atoms with Crippen LogP contribution >= 0.6 is 15.9 Å². The molecule has 1 aliphatic carbocycles. The van der Waals surface area contributed by atoms with Crippen LogP contribution in [0.4, 0.5) is 0 Å². The fraction of sp³-hybridized carbons (Fsp3) is 0.375. The van der Waals surface area contributed by atoms with Crippen molar-refractivity contribution in [2.75, 3.05) is 7.11 Å². The molecule has 2 aromatic heterocycles. The van der Waals surface area contributed by atoms with E-state index in [1.165, 1.54) is 0 Å². The largest absolute Gasteiger partial charge is 0.381 e. The molecule has 0 aliphatic heterocycles. The number of aromatic amines is 1. The van der Waals surface area contributed by atoms with E-state index in [4.69, 9.17) is 4.74 Å². The van der Waals surface area contributed by atoms with Crippen LogP contribution in [0.25, 0.3) is 21.9 Å². The maximum atomic E-state index is 12.5. The van der Waals surface area contributed by atoms with Crippen molar-refractivity contribution in [3.8, 4) is 0 Å². The van der Waals surface area contributed by atoms with Crippen molar-refractivity contribution < 1.29 is 4.74 Å². The van der Waals surface area contributed by atoms with E-state index in [0.29, 0.717) is 0 Å². The predicted molar refractivity (Wildman–Crippen MR) is 89.2 cm³/mol. The van der Waals surface area contributed by atoms with Gasteiger partial charge >= 0.3 is 5.69 Å². The van der Waals surface area contributed by atoms with Crippen molar-refractivity contribution in [2.45, 2.75) is 31.4 Å². The van der Waals surface area contributed by atoms with Gasteiger partial charge < -0.3 is 9.72 Å². The van der Waals surface area contributed by atoms with Gasteiger partial charge in [0.25, 0.3) is 0 Å². The molecule has 6 heteroatoms. The van der Waals surface area contributed by atoms with Crippen molar-refractivity contribution in [3.63, 3.8) is 0 Å². The summed E-state index contributed by atoms with van der Waals surface area (Å²) in [6.07, 6.45) is 4.81. The van der Waals surface area contributed by atoms with Crippen molar-refractivity contribution in [1.82, 2.24) is 14.5 Å². The minimum absolute atomic E-state index is 0.0639. The number of halogens is 1. The predicted octanol–water partition coefficient (Wildman–Crippen LogP) is 3.38. The van der Waals surface area contributed by atoms with Gasteiger partial charge in [0.05, 0.1) is 28.9 Å². The van der Waals surface area contributed by atoms with Crippen molar-refractivity contribution in [1.29, 1.82) is 0 Å². The second kappa shape index (κ2) is 5.21. The molecule has 2 atom stereocenters. The molecule has 1 N–H and O–H groups in total. The molecule has 4 rings (SSSR count). The summed E-state index contributed by atoms with van der Waals surface area (Å²) in [6, 6.07) is 6.13. The highest BCUT2D eigenvalue weighted by Crippen LogP contribution is 2.34. The Bertz CT molecular complexity index is 915. The lowest BCUT2D eigenvalue weighted by molar-refractivity contribution is 0.106. The molecule has 1 saturated carbocycles. The van der Waals surface area contributed by atoms with Gasteiger partial charge in [-0.15, -0.1) is 0 Å². The lowest BCUT2D eigenvalue weighted by Gasteiger charge is -2.13. The van der Waals surface area contributed by atoms with Crippen LogP contribution in [0.5, 0.6) is 0 Å². The molecule has 0 saturated heterocycles. The average molecular weight is 362 g/mol. The Hall–Kier alpha value is -1.66. The summed E-state index contributed by atoms with van der Waals surface area (Å²) < 4.78 is 8.33. The smallest absolute Gasteiger partial charge is 0.326 e. The number of methoxy groups -OCH3 is 1. The SMILES string of the molecule is COC1CCC(n2c(=O)[nH]c3cnc4ccc(Br)cc4c32)C1. The van der Waals surface area contributed by atoms with Crippen LogP contribution in [0.1, 0.15) is 25.3 Å². The Morgan fingerprint density at radius 3 is 3.05 bits per heavy atom. The number of hydrogen-bond acceptors (Lipinski definition) is 3. The first-order valence-electron chi connectivity index (χ1n) is 7.38. The van der Waals surface area contributed by atoms with Crippen LogP contribution in [0.15, 0.2) is 33.7 Å². The van der Waals surface area contributed by atoms with Crippen LogP contribution in [0.3, 0.4) is 0 Å².